The third kappa shape index (κ3) is 3.36. The monoisotopic (exact) mass is 269 g/mol. The van der Waals surface area contributed by atoms with E-state index < -0.39 is 10.0 Å². The van der Waals surface area contributed by atoms with Crippen LogP contribution in [0.1, 0.15) is 5.56 Å². The van der Waals surface area contributed by atoms with Crippen LogP contribution in [0.5, 0.6) is 5.75 Å². The fourth-order valence-corrected chi connectivity index (χ4v) is 2.29. The van der Waals surface area contributed by atoms with Crippen molar-refractivity contribution in [1.29, 1.82) is 0 Å². The predicted octanol–water partition coefficient (Wildman–Crippen LogP) is 0.308. The van der Waals surface area contributed by atoms with E-state index in [4.69, 9.17) is 0 Å². The second kappa shape index (κ2) is 4.85. The van der Waals surface area contributed by atoms with Crippen LogP contribution in [0.2, 0.25) is 0 Å². The molecule has 2 rings (SSSR count). The lowest BCUT2D eigenvalue weighted by atomic mass is 10.1. The zero-order valence-electron chi connectivity index (χ0n) is 9.97. The Morgan fingerprint density at radius 3 is 2.83 bits per heavy atom. The molecule has 98 valence electrons. The summed E-state index contributed by atoms with van der Waals surface area (Å²) in [6.07, 6.45) is 1.58. The lowest BCUT2D eigenvalue weighted by molar-refractivity contribution is 0.470. The summed E-state index contributed by atoms with van der Waals surface area (Å²) in [6.45, 7) is 1.58. The smallest absolute Gasteiger partial charge is 0.229 e. The molecule has 6 nitrogen and oxygen atoms in total. The topological polar surface area (TPSA) is 90.8 Å². The zero-order chi connectivity index (χ0) is 13.2. The molecule has 0 aromatic heterocycles. The Morgan fingerprint density at radius 1 is 1.50 bits per heavy atom. The van der Waals surface area contributed by atoms with E-state index in [1.165, 1.54) is 6.07 Å². The van der Waals surface area contributed by atoms with Gasteiger partial charge in [-0.3, -0.25) is 9.71 Å². The van der Waals surface area contributed by atoms with Crippen molar-refractivity contribution < 1.29 is 13.5 Å². The fourth-order valence-electron chi connectivity index (χ4n) is 1.74. The maximum atomic E-state index is 11.1. The third-order valence-electron chi connectivity index (χ3n) is 2.49. The van der Waals surface area contributed by atoms with Gasteiger partial charge < -0.3 is 10.4 Å². The van der Waals surface area contributed by atoms with Crippen molar-refractivity contribution in [3.63, 3.8) is 0 Å². The van der Waals surface area contributed by atoms with Gasteiger partial charge in [0.2, 0.25) is 10.0 Å². The Hall–Kier alpha value is -1.76. The quantitative estimate of drug-likeness (QED) is 0.733. The summed E-state index contributed by atoms with van der Waals surface area (Å²) in [6, 6.07) is 4.70. The summed E-state index contributed by atoms with van der Waals surface area (Å²) < 4.78 is 24.4. The highest BCUT2D eigenvalue weighted by Gasteiger charge is 2.10. The van der Waals surface area contributed by atoms with E-state index in [-0.39, 0.29) is 5.75 Å². The Bertz CT molecular complexity index is 581. The highest BCUT2D eigenvalue weighted by molar-refractivity contribution is 7.92. The molecule has 0 aliphatic carbocycles. The van der Waals surface area contributed by atoms with Gasteiger partial charge in [0.25, 0.3) is 0 Å². The number of benzene rings is 1. The maximum Gasteiger partial charge on any atom is 0.229 e. The molecule has 0 fully saturated rings. The molecule has 1 aromatic carbocycles. The van der Waals surface area contributed by atoms with Crippen molar-refractivity contribution in [2.24, 2.45) is 4.99 Å². The number of nitrogens with one attached hydrogen (secondary N) is 2. The Morgan fingerprint density at radius 2 is 2.28 bits per heavy atom. The average molecular weight is 269 g/mol. The molecule has 0 unspecified atom stereocenters. The first-order valence-electron chi connectivity index (χ1n) is 5.51. The van der Waals surface area contributed by atoms with Gasteiger partial charge in [-0.15, -0.1) is 0 Å². The zero-order valence-corrected chi connectivity index (χ0v) is 10.8. The molecular weight excluding hydrogens is 254 g/mol. The van der Waals surface area contributed by atoms with Gasteiger partial charge in [-0.25, -0.2) is 8.42 Å². The van der Waals surface area contributed by atoms with E-state index in [0.717, 1.165) is 25.2 Å². The molecule has 1 heterocycles. The molecule has 0 saturated carbocycles. The van der Waals surface area contributed by atoms with Crippen LogP contribution in [0, 0.1) is 0 Å². The number of amidine groups is 1. The van der Waals surface area contributed by atoms with Gasteiger partial charge in [0.05, 0.1) is 18.5 Å². The molecule has 0 radical (unpaired) electrons. The number of nitrogens with zero attached hydrogens (tertiary/aromatic N) is 1. The lowest BCUT2D eigenvalue weighted by Crippen LogP contribution is -2.20. The molecule has 0 bridgehead atoms. The van der Waals surface area contributed by atoms with Gasteiger partial charge in [-0.2, -0.15) is 0 Å². The molecule has 0 saturated heterocycles. The van der Waals surface area contributed by atoms with Gasteiger partial charge in [0, 0.05) is 24.6 Å². The molecule has 7 heteroatoms. The Labute approximate surface area is 106 Å². The molecule has 3 N–H and O–H groups in total. The number of phenolic OH excluding ortho intramolecular Hbond substituents is 1. The minimum atomic E-state index is -3.33. The molecular formula is C11H15N3O3S. The number of aromatic hydroxyl groups is 1. The second-order valence-corrected chi connectivity index (χ2v) is 5.90. The van der Waals surface area contributed by atoms with E-state index in [9.17, 15) is 13.5 Å². The molecule has 1 aliphatic heterocycles. The van der Waals surface area contributed by atoms with Crippen molar-refractivity contribution in [3.05, 3.63) is 23.8 Å². The van der Waals surface area contributed by atoms with Gasteiger partial charge in [-0.05, 0) is 6.07 Å². The van der Waals surface area contributed by atoms with Crippen LogP contribution in [0.4, 0.5) is 5.69 Å². The third-order valence-corrected chi connectivity index (χ3v) is 3.10. The van der Waals surface area contributed by atoms with Crippen molar-refractivity contribution in [1.82, 2.24) is 5.32 Å². The number of rotatable bonds is 4. The summed E-state index contributed by atoms with van der Waals surface area (Å²) in [5.41, 5.74) is 1.06. The van der Waals surface area contributed by atoms with Crippen LogP contribution in [-0.4, -0.2) is 38.7 Å². The highest BCUT2D eigenvalue weighted by atomic mass is 32.2. The molecule has 18 heavy (non-hydrogen) atoms. The van der Waals surface area contributed by atoms with E-state index >= 15 is 0 Å². The predicted molar refractivity (Wildman–Crippen MR) is 70.6 cm³/mol. The number of anilines is 1. The minimum absolute atomic E-state index is 0.0556. The highest BCUT2D eigenvalue weighted by Crippen LogP contribution is 2.23. The van der Waals surface area contributed by atoms with Crippen LogP contribution in [0.15, 0.2) is 23.2 Å². The van der Waals surface area contributed by atoms with E-state index in [2.05, 4.69) is 15.0 Å². The summed E-state index contributed by atoms with van der Waals surface area (Å²) in [4.78, 5) is 4.24. The average Bonchev–Trinajstić information content (AvgIpc) is 2.72. The van der Waals surface area contributed by atoms with Gasteiger partial charge >= 0.3 is 0 Å². The summed E-state index contributed by atoms with van der Waals surface area (Å²) in [5.74, 6) is 0.897. The summed E-state index contributed by atoms with van der Waals surface area (Å²) in [7, 11) is -3.33. The minimum Gasteiger partial charge on any atom is -0.508 e. The number of hydrogen-bond donors (Lipinski definition) is 3. The van der Waals surface area contributed by atoms with Crippen LogP contribution in [0.3, 0.4) is 0 Å². The van der Waals surface area contributed by atoms with Crippen LogP contribution in [-0.2, 0) is 16.4 Å². The van der Waals surface area contributed by atoms with E-state index in [1.807, 2.05) is 0 Å². The number of aliphatic imine (C=N–C) groups is 1. The van der Waals surface area contributed by atoms with E-state index in [1.54, 1.807) is 12.1 Å². The van der Waals surface area contributed by atoms with E-state index in [0.29, 0.717) is 17.7 Å². The van der Waals surface area contributed by atoms with Gasteiger partial charge in [0.15, 0.2) is 0 Å². The van der Waals surface area contributed by atoms with Crippen LogP contribution >= 0.6 is 0 Å². The summed E-state index contributed by atoms with van der Waals surface area (Å²) in [5, 5.41) is 12.9. The lowest BCUT2D eigenvalue weighted by Gasteiger charge is -2.08. The van der Waals surface area contributed by atoms with Crippen molar-refractivity contribution in [3.8, 4) is 5.75 Å². The van der Waals surface area contributed by atoms with Crippen molar-refractivity contribution >= 4 is 21.5 Å². The van der Waals surface area contributed by atoms with Gasteiger partial charge in [-0.1, -0.05) is 6.07 Å². The van der Waals surface area contributed by atoms with Crippen molar-refractivity contribution in [2.75, 3.05) is 24.1 Å². The van der Waals surface area contributed by atoms with Crippen LogP contribution in [0.25, 0.3) is 0 Å². The summed E-state index contributed by atoms with van der Waals surface area (Å²) >= 11 is 0. The molecule has 0 amide bonds. The normalized spacial score (nSPS) is 15.1. The first-order chi connectivity index (χ1) is 8.44. The fraction of sp³-hybridized carbons (Fsp3) is 0.364. The number of sulfonamides is 1. The largest absolute Gasteiger partial charge is 0.508 e. The van der Waals surface area contributed by atoms with Crippen molar-refractivity contribution in [2.45, 2.75) is 6.42 Å². The molecule has 0 spiro atoms. The Balaban J connectivity index is 2.14. The molecule has 1 aromatic rings. The number of hydrogen-bond acceptors (Lipinski definition) is 5. The first-order valence-corrected chi connectivity index (χ1v) is 7.40. The van der Waals surface area contributed by atoms with Gasteiger partial charge in [0.1, 0.15) is 11.6 Å². The standard InChI is InChI=1S/C11H15N3O3S/c1-18(16,17)14-9-3-2-8(10(15)7-9)6-11-12-4-5-13-11/h2-3,7,14-15H,4-6H2,1H3,(H,12,13). The van der Waals surface area contributed by atoms with Crippen LogP contribution < -0.4 is 10.0 Å². The Kier molecular flexibility index (Phi) is 3.42. The maximum absolute atomic E-state index is 11.1. The SMILES string of the molecule is CS(=O)(=O)Nc1ccc(CC2=NCCN2)c(O)c1. The molecule has 1 aliphatic rings. The second-order valence-electron chi connectivity index (χ2n) is 4.15. The molecule has 0 atom stereocenters. The first kappa shape index (κ1) is 12.7. The number of phenols is 1.